The van der Waals surface area contributed by atoms with Crippen LogP contribution in [0.3, 0.4) is 0 Å². The molecule has 4 heteroatoms. The number of rotatable bonds is 2. The van der Waals surface area contributed by atoms with Gasteiger partial charge in [0.1, 0.15) is 10.3 Å². The first-order valence-electron chi connectivity index (χ1n) is 5.79. The number of benzene rings is 1. The molecule has 1 aromatic carbocycles. The maximum atomic E-state index is 6.18. The van der Waals surface area contributed by atoms with Crippen molar-refractivity contribution in [1.82, 2.24) is 9.97 Å². The summed E-state index contributed by atoms with van der Waals surface area (Å²) in [5.41, 5.74) is 2.88. The smallest absolute Gasteiger partial charge is 0.162 e. The van der Waals surface area contributed by atoms with Crippen LogP contribution in [0.2, 0.25) is 10.3 Å². The second-order valence-corrected chi connectivity index (χ2v) is 5.28. The lowest BCUT2D eigenvalue weighted by Crippen LogP contribution is -1.99. The Balaban J connectivity index is 2.55. The molecule has 2 aromatic rings. The zero-order chi connectivity index (χ0) is 13.3. The molecule has 0 atom stereocenters. The third-order valence-corrected chi connectivity index (χ3v) is 3.28. The maximum Gasteiger partial charge on any atom is 0.162 e. The molecule has 0 bridgehead atoms. The first-order valence-corrected chi connectivity index (χ1v) is 6.54. The SMILES string of the molecule is Cc1cccc(-c2nc(Cl)c(C(C)C)c(Cl)n2)c1. The van der Waals surface area contributed by atoms with E-state index in [-0.39, 0.29) is 5.92 Å². The van der Waals surface area contributed by atoms with E-state index in [4.69, 9.17) is 23.2 Å². The minimum absolute atomic E-state index is 0.205. The van der Waals surface area contributed by atoms with Crippen molar-refractivity contribution in [3.63, 3.8) is 0 Å². The van der Waals surface area contributed by atoms with Crippen LogP contribution in [0.15, 0.2) is 24.3 Å². The summed E-state index contributed by atoms with van der Waals surface area (Å²) in [7, 11) is 0. The molecular formula is C14H14Cl2N2. The molecular weight excluding hydrogens is 267 g/mol. The average molecular weight is 281 g/mol. The second kappa shape index (κ2) is 5.25. The van der Waals surface area contributed by atoms with Gasteiger partial charge in [-0.15, -0.1) is 0 Å². The van der Waals surface area contributed by atoms with Gasteiger partial charge in [-0.1, -0.05) is 60.8 Å². The fraction of sp³-hybridized carbons (Fsp3) is 0.286. The summed E-state index contributed by atoms with van der Waals surface area (Å²) in [4.78, 5) is 8.67. The van der Waals surface area contributed by atoms with E-state index in [1.807, 2.05) is 45.0 Å². The predicted molar refractivity (Wildman–Crippen MR) is 76.3 cm³/mol. The van der Waals surface area contributed by atoms with E-state index in [2.05, 4.69) is 9.97 Å². The van der Waals surface area contributed by atoms with Crippen LogP contribution in [-0.2, 0) is 0 Å². The van der Waals surface area contributed by atoms with Gasteiger partial charge in [0.05, 0.1) is 0 Å². The summed E-state index contributed by atoms with van der Waals surface area (Å²) in [6.07, 6.45) is 0. The molecule has 0 N–H and O–H groups in total. The van der Waals surface area contributed by atoms with Gasteiger partial charge in [0.2, 0.25) is 0 Å². The highest BCUT2D eigenvalue weighted by Gasteiger charge is 2.15. The van der Waals surface area contributed by atoms with Gasteiger partial charge >= 0.3 is 0 Å². The predicted octanol–water partition coefficient (Wildman–Crippen LogP) is 4.88. The van der Waals surface area contributed by atoms with Crippen molar-refractivity contribution in [2.45, 2.75) is 26.7 Å². The Bertz CT molecular complexity index is 557. The minimum Gasteiger partial charge on any atom is -0.216 e. The van der Waals surface area contributed by atoms with Crippen LogP contribution in [-0.4, -0.2) is 9.97 Å². The van der Waals surface area contributed by atoms with E-state index in [0.717, 1.165) is 16.7 Å². The van der Waals surface area contributed by atoms with Crippen molar-refractivity contribution < 1.29 is 0 Å². The molecule has 94 valence electrons. The van der Waals surface area contributed by atoms with Gasteiger partial charge in [0.25, 0.3) is 0 Å². The fourth-order valence-corrected chi connectivity index (χ4v) is 2.63. The molecule has 0 saturated carbocycles. The Morgan fingerprint density at radius 1 is 1.06 bits per heavy atom. The number of nitrogens with zero attached hydrogens (tertiary/aromatic N) is 2. The summed E-state index contributed by atoms with van der Waals surface area (Å²) in [5, 5.41) is 0.864. The maximum absolute atomic E-state index is 6.18. The minimum atomic E-state index is 0.205. The number of hydrogen-bond acceptors (Lipinski definition) is 2. The van der Waals surface area contributed by atoms with E-state index in [9.17, 15) is 0 Å². The van der Waals surface area contributed by atoms with Gasteiger partial charge in [-0.2, -0.15) is 0 Å². The van der Waals surface area contributed by atoms with Gasteiger partial charge in [0.15, 0.2) is 5.82 Å². The third-order valence-electron chi connectivity index (χ3n) is 2.71. The standard InChI is InChI=1S/C14H14Cl2N2/c1-8(2)11-12(15)17-14(18-13(11)16)10-6-4-5-9(3)7-10/h4-8H,1-3H3. The molecule has 0 saturated heterocycles. The van der Waals surface area contributed by atoms with E-state index in [1.54, 1.807) is 0 Å². The molecule has 0 radical (unpaired) electrons. The van der Waals surface area contributed by atoms with Gasteiger partial charge in [-0.25, -0.2) is 9.97 Å². The van der Waals surface area contributed by atoms with Crippen molar-refractivity contribution in [3.8, 4) is 11.4 Å². The summed E-state index contributed by atoms with van der Waals surface area (Å²) in [6, 6.07) is 7.95. The molecule has 1 aromatic heterocycles. The van der Waals surface area contributed by atoms with Crippen molar-refractivity contribution in [3.05, 3.63) is 45.7 Å². The van der Waals surface area contributed by atoms with Crippen LogP contribution >= 0.6 is 23.2 Å². The largest absolute Gasteiger partial charge is 0.216 e. The Kier molecular flexibility index (Phi) is 3.88. The highest BCUT2D eigenvalue weighted by molar-refractivity contribution is 6.34. The first-order chi connectivity index (χ1) is 8.49. The highest BCUT2D eigenvalue weighted by Crippen LogP contribution is 2.31. The molecule has 18 heavy (non-hydrogen) atoms. The van der Waals surface area contributed by atoms with Gasteiger partial charge in [-0.05, 0) is 18.9 Å². The normalized spacial score (nSPS) is 11.0. The Hall–Kier alpha value is -1.12. The number of halogens is 2. The molecule has 2 rings (SSSR count). The van der Waals surface area contributed by atoms with Gasteiger partial charge in [0, 0.05) is 11.1 Å². The van der Waals surface area contributed by atoms with Gasteiger partial charge in [-0.3, -0.25) is 0 Å². The average Bonchev–Trinajstić information content (AvgIpc) is 2.27. The van der Waals surface area contributed by atoms with Crippen molar-refractivity contribution in [1.29, 1.82) is 0 Å². The Morgan fingerprint density at radius 3 is 2.17 bits per heavy atom. The summed E-state index contributed by atoms with van der Waals surface area (Å²) in [6.45, 7) is 6.06. The summed E-state index contributed by atoms with van der Waals surface area (Å²) in [5.74, 6) is 0.773. The number of aryl methyl sites for hydroxylation is 1. The monoisotopic (exact) mass is 280 g/mol. The van der Waals surface area contributed by atoms with Crippen LogP contribution in [0.25, 0.3) is 11.4 Å². The van der Waals surface area contributed by atoms with Gasteiger partial charge < -0.3 is 0 Å². The molecule has 0 aliphatic rings. The van der Waals surface area contributed by atoms with E-state index < -0.39 is 0 Å². The fourth-order valence-electron chi connectivity index (χ4n) is 1.81. The lowest BCUT2D eigenvalue weighted by molar-refractivity contribution is 0.848. The third kappa shape index (κ3) is 2.65. The first kappa shape index (κ1) is 13.3. The summed E-state index contributed by atoms with van der Waals surface area (Å²) >= 11 is 12.4. The van der Waals surface area contributed by atoms with Crippen LogP contribution in [0, 0.1) is 6.92 Å². The number of hydrogen-bond donors (Lipinski definition) is 0. The zero-order valence-corrected chi connectivity index (χ0v) is 12.0. The molecule has 2 nitrogen and oxygen atoms in total. The molecule has 0 amide bonds. The summed E-state index contributed by atoms with van der Waals surface area (Å²) < 4.78 is 0. The quantitative estimate of drug-likeness (QED) is 0.733. The lowest BCUT2D eigenvalue weighted by Gasteiger charge is -2.11. The molecule has 1 heterocycles. The molecule has 0 spiro atoms. The molecule has 0 aliphatic carbocycles. The van der Waals surface area contributed by atoms with E-state index >= 15 is 0 Å². The second-order valence-electron chi connectivity index (χ2n) is 4.57. The molecule has 0 unspecified atom stereocenters. The van der Waals surface area contributed by atoms with E-state index in [0.29, 0.717) is 16.1 Å². The van der Waals surface area contributed by atoms with E-state index in [1.165, 1.54) is 0 Å². The number of aromatic nitrogens is 2. The lowest BCUT2D eigenvalue weighted by atomic mass is 10.1. The van der Waals surface area contributed by atoms with Crippen LogP contribution in [0.5, 0.6) is 0 Å². The van der Waals surface area contributed by atoms with Crippen LogP contribution in [0.1, 0.15) is 30.9 Å². The van der Waals surface area contributed by atoms with Crippen molar-refractivity contribution in [2.24, 2.45) is 0 Å². The molecule has 0 aliphatic heterocycles. The topological polar surface area (TPSA) is 25.8 Å². The molecule has 0 fully saturated rings. The Morgan fingerprint density at radius 2 is 1.67 bits per heavy atom. The van der Waals surface area contributed by atoms with Crippen LogP contribution < -0.4 is 0 Å². The van der Waals surface area contributed by atoms with Crippen molar-refractivity contribution >= 4 is 23.2 Å². The van der Waals surface area contributed by atoms with Crippen LogP contribution in [0.4, 0.5) is 0 Å². The zero-order valence-electron chi connectivity index (χ0n) is 10.5. The van der Waals surface area contributed by atoms with Crippen molar-refractivity contribution in [2.75, 3.05) is 0 Å². The Labute approximate surface area is 117 Å². The highest BCUT2D eigenvalue weighted by atomic mass is 35.5.